The highest BCUT2D eigenvalue weighted by Gasteiger charge is 2.63. The predicted octanol–water partition coefficient (Wildman–Crippen LogP) is 0.441. The number of carbonyl (C=O) groups excluding carboxylic acids is 2. The summed E-state index contributed by atoms with van der Waals surface area (Å²) in [4.78, 5) is 24.1. The number of hydrogen-bond acceptors (Lipinski definition) is 5. The van der Waals surface area contributed by atoms with Crippen LogP contribution in [-0.4, -0.2) is 40.3 Å². The van der Waals surface area contributed by atoms with Gasteiger partial charge in [-0.15, -0.1) is 0 Å². The van der Waals surface area contributed by atoms with Crippen LogP contribution in [0.5, 0.6) is 0 Å². The molecule has 0 amide bonds. The quantitative estimate of drug-likeness (QED) is 0.497. The first-order valence-corrected chi connectivity index (χ1v) is 7.08. The highest BCUT2D eigenvalue weighted by atomic mass is 16.6. The minimum absolute atomic E-state index is 0.0875. The van der Waals surface area contributed by atoms with Crippen LogP contribution in [-0.2, 0) is 14.3 Å². The van der Waals surface area contributed by atoms with Gasteiger partial charge < -0.3 is 14.9 Å². The Bertz CT molecular complexity index is 498. The number of carbonyl (C=O) groups is 2. The zero-order chi connectivity index (χ0) is 14.8. The molecule has 3 fully saturated rings. The summed E-state index contributed by atoms with van der Waals surface area (Å²) in [5.41, 5.74) is -0.791. The summed E-state index contributed by atoms with van der Waals surface area (Å²) in [6.07, 6.45) is -1.51. The summed E-state index contributed by atoms with van der Waals surface area (Å²) >= 11 is 0. The lowest BCUT2D eigenvalue weighted by molar-refractivity contribution is -0.141. The van der Waals surface area contributed by atoms with Gasteiger partial charge in [0, 0.05) is 5.57 Å². The maximum Gasteiger partial charge on any atom is 0.334 e. The molecule has 1 saturated heterocycles. The maximum atomic E-state index is 12.4. The lowest BCUT2D eigenvalue weighted by atomic mass is 9.68. The molecule has 5 nitrogen and oxygen atoms in total. The van der Waals surface area contributed by atoms with Crippen LogP contribution < -0.4 is 0 Å². The average molecular weight is 280 g/mol. The van der Waals surface area contributed by atoms with Gasteiger partial charge in [-0.25, -0.2) is 4.79 Å². The molecule has 1 heterocycles. The van der Waals surface area contributed by atoms with E-state index in [9.17, 15) is 19.8 Å². The fourth-order valence-corrected chi connectivity index (χ4v) is 4.46. The summed E-state index contributed by atoms with van der Waals surface area (Å²) in [6, 6.07) is 0. The topological polar surface area (TPSA) is 83.8 Å². The van der Waals surface area contributed by atoms with Crippen LogP contribution in [0.15, 0.2) is 12.2 Å². The number of ether oxygens (including phenoxy) is 1. The van der Waals surface area contributed by atoms with Gasteiger partial charge in [0.15, 0.2) is 5.78 Å². The third kappa shape index (κ3) is 1.50. The van der Waals surface area contributed by atoms with Gasteiger partial charge in [0.05, 0.1) is 17.4 Å². The number of aliphatic hydroxyl groups is 2. The second-order valence-electron chi connectivity index (χ2n) is 6.66. The summed E-state index contributed by atoms with van der Waals surface area (Å²) < 4.78 is 5.30. The molecule has 0 radical (unpaired) electrons. The third-order valence-corrected chi connectivity index (χ3v) is 5.65. The van der Waals surface area contributed by atoms with E-state index in [1.165, 1.54) is 0 Å². The Morgan fingerprint density at radius 2 is 1.95 bits per heavy atom. The summed E-state index contributed by atoms with van der Waals surface area (Å²) in [5, 5.41) is 20.7. The van der Waals surface area contributed by atoms with E-state index in [0.29, 0.717) is 12.8 Å². The highest BCUT2D eigenvalue weighted by molar-refractivity contribution is 5.94. The van der Waals surface area contributed by atoms with Gasteiger partial charge in [-0.05, 0) is 31.6 Å². The molecule has 3 aliphatic rings. The molecule has 2 aliphatic carbocycles. The molecular formula is C15H20O5. The van der Waals surface area contributed by atoms with Crippen molar-refractivity contribution < 1.29 is 24.5 Å². The van der Waals surface area contributed by atoms with Crippen LogP contribution in [0.4, 0.5) is 0 Å². The molecule has 0 aromatic carbocycles. The number of rotatable bonds is 0. The fraction of sp³-hybridized carbons (Fsp3) is 0.733. The number of hydrogen-bond donors (Lipinski definition) is 2. The number of Topliss-reactive ketones (excluding diaryl/α,β-unsaturated/α-hetero) is 1. The van der Waals surface area contributed by atoms with Crippen molar-refractivity contribution in [3.63, 3.8) is 0 Å². The second-order valence-corrected chi connectivity index (χ2v) is 6.66. The first kappa shape index (κ1) is 13.8. The number of esters is 1. The Hall–Kier alpha value is -1.20. The van der Waals surface area contributed by atoms with E-state index in [1.807, 2.05) is 6.92 Å². The van der Waals surface area contributed by atoms with Gasteiger partial charge in [-0.1, -0.05) is 13.5 Å². The second kappa shape index (κ2) is 4.15. The van der Waals surface area contributed by atoms with Gasteiger partial charge in [-0.2, -0.15) is 0 Å². The zero-order valence-corrected chi connectivity index (χ0v) is 11.7. The van der Waals surface area contributed by atoms with Gasteiger partial charge >= 0.3 is 5.97 Å². The molecule has 2 N–H and O–H groups in total. The van der Waals surface area contributed by atoms with E-state index < -0.39 is 35.6 Å². The molecule has 0 aromatic rings. The Morgan fingerprint density at radius 1 is 1.30 bits per heavy atom. The summed E-state index contributed by atoms with van der Waals surface area (Å²) in [7, 11) is 0. The van der Waals surface area contributed by atoms with E-state index in [-0.39, 0.29) is 23.2 Å². The van der Waals surface area contributed by atoms with Crippen molar-refractivity contribution in [2.75, 3.05) is 0 Å². The van der Waals surface area contributed by atoms with E-state index in [0.717, 1.165) is 0 Å². The lowest BCUT2D eigenvalue weighted by Crippen LogP contribution is -2.47. The molecule has 7 atom stereocenters. The minimum Gasteiger partial charge on any atom is -0.458 e. The molecule has 3 rings (SSSR count). The van der Waals surface area contributed by atoms with Gasteiger partial charge in [0.1, 0.15) is 12.2 Å². The van der Waals surface area contributed by atoms with Gasteiger partial charge in [-0.3, -0.25) is 4.79 Å². The summed E-state index contributed by atoms with van der Waals surface area (Å²) in [6.45, 7) is 7.41. The molecular weight excluding hydrogens is 260 g/mol. The Balaban J connectivity index is 2.07. The molecule has 0 aromatic heterocycles. The largest absolute Gasteiger partial charge is 0.458 e. The van der Waals surface area contributed by atoms with E-state index in [1.54, 1.807) is 6.92 Å². The van der Waals surface area contributed by atoms with Crippen LogP contribution in [0.1, 0.15) is 26.7 Å². The predicted molar refractivity (Wildman–Crippen MR) is 69.5 cm³/mol. The normalized spacial score (nSPS) is 51.5. The van der Waals surface area contributed by atoms with Crippen molar-refractivity contribution in [1.29, 1.82) is 0 Å². The van der Waals surface area contributed by atoms with E-state index in [4.69, 9.17) is 4.74 Å². The van der Waals surface area contributed by atoms with Crippen molar-refractivity contribution in [3.8, 4) is 0 Å². The number of ketones is 1. The number of fused-ring (bicyclic) bond motifs is 2. The number of aliphatic hydroxyl groups excluding tert-OH is 2. The smallest absolute Gasteiger partial charge is 0.334 e. The maximum absolute atomic E-state index is 12.4. The SMILES string of the molecule is C=C1C(=O)O[C@@H]2C[C@@H](C)[C@@H]3C[C@H](O)C(=O)[C@@]3(C)[C@@H](O)[C@H]12. The third-order valence-electron chi connectivity index (χ3n) is 5.65. The van der Waals surface area contributed by atoms with Crippen molar-refractivity contribution in [2.24, 2.45) is 23.2 Å². The molecule has 0 unspecified atom stereocenters. The van der Waals surface area contributed by atoms with Gasteiger partial charge in [0.2, 0.25) is 0 Å². The van der Waals surface area contributed by atoms with Gasteiger partial charge in [0.25, 0.3) is 0 Å². The van der Waals surface area contributed by atoms with Crippen LogP contribution in [0.2, 0.25) is 0 Å². The first-order chi connectivity index (χ1) is 9.28. The molecule has 0 bridgehead atoms. The molecule has 110 valence electrons. The summed E-state index contributed by atoms with van der Waals surface area (Å²) in [5.74, 6) is -1.37. The molecule has 0 spiro atoms. The Labute approximate surface area is 117 Å². The standard InChI is InChI=1S/C15H20O5/c1-6-4-10-11(7(2)14(19)20-10)13(18)15(3)8(6)5-9(16)12(15)17/h6,8-11,13,16,18H,2,4-5H2,1,3H3/t6-,8+,9+,10-,11-,13+,15+/m1/s1. The lowest BCUT2D eigenvalue weighted by Gasteiger charge is -2.36. The Kier molecular flexibility index (Phi) is 2.86. The molecule has 2 saturated carbocycles. The fourth-order valence-electron chi connectivity index (χ4n) is 4.46. The Morgan fingerprint density at radius 3 is 2.60 bits per heavy atom. The van der Waals surface area contributed by atoms with Crippen molar-refractivity contribution in [2.45, 2.75) is 45.0 Å². The van der Waals surface area contributed by atoms with Crippen LogP contribution in [0.3, 0.4) is 0 Å². The van der Waals surface area contributed by atoms with Crippen molar-refractivity contribution >= 4 is 11.8 Å². The van der Waals surface area contributed by atoms with Crippen LogP contribution >= 0.6 is 0 Å². The van der Waals surface area contributed by atoms with Crippen LogP contribution in [0, 0.1) is 23.2 Å². The average Bonchev–Trinajstić information content (AvgIpc) is 2.76. The van der Waals surface area contributed by atoms with Crippen molar-refractivity contribution in [3.05, 3.63) is 12.2 Å². The molecule has 5 heteroatoms. The van der Waals surface area contributed by atoms with Crippen molar-refractivity contribution in [1.82, 2.24) is 0 Å². The first-order valence-electron chi connectivity index (χ1n) is 7.08. The monoisotopic (exact) mass is 280 g/mol. The van der Waals surface area contributed by atoms with Crippen LogP contribution in [0.25, 0.3) is 0 Å². The minimum atomic E-state index is -1.04. The zero-order valence-electron chi connectivity index (χ0n) is 11.7. The van der Waals surface area contributed by atoms with E-state index >= 15 is 0 Å². The molecule has 1 aliphatic heterocycles. The van der Waals surface area contributed by atoms with E-state index in [2.05, 4.69) is 6.58 Å². The molecule has 20 heavy (non-hydrogen) atoms. The highest BCUT2D eigenvalue weighted by Crippen LogP contribution is 2.55.